The van der Waals surface area contributed by atoms with Crippen LogP contribution < -0.4 is 5.32 Å². The molecule has 0 atom stereocenters. The van der Waals surface area contributed by atoms with E-state index in [9.17, 15) is 4.79 Å². The Labute approximate surface area is 237 Å². The van der Waals surface area contributed by atoms with E-state index in [1.165, 1.54) is 11.1 Å². The molecule has 0 bridgehead atoms. The number of rotatable bonds is 10. The van der Waals surface area contributed by atoms with Gasteiger partial charge in [0.15, 0.2) is 0 Å². The normalized spacial score (nSPS) is 13.6. The van der Waals surface area contributed by atoms with Crippen LogP contribution in [0.5, 0.6) is 0 Å². The summed E-state index contributed by atoms with van der Waals surface area (Å²) in [7, 11) is 0. The fourth-order valence-corrected chi connectivity index (χ4v) is 4.98. The van der Waals surface area contributed by atoms with Crippen molar-refractivity contribution in [3.63, 3.8) is 0 Å². The van der Waals surface area contributed by atoms with Crippen LogP contribution in [0.3, 0.4) is 0 Å². The first kappa shape index (κ1) is 28.4. The third-order valence-electron chi connectivity index (χ3n) is 7.09. The lowest BCUT2D eigenvalue weighted by Gasteiger charge is -2.31. The Bertz CT molecular complexity index is 1220. The van der Waals surface area contributed by atoms with Gasteiger partial charge in [-0.3, -0.25) is 4.90 Å². The summed E-state index contributed by atoms with van der Waals surface area (Å²) in [4.78, 5) is 17.9. The lowest BCUT2D eigenvalue weighted by Crippen LogP contribution is -2.44. The molecule has 1 aromatic heterocycles. The van der Waals surface area contributed by atoms with Crippen LogP contribution in [0.2, 0.25) is 0 Å². The van der Waals surface area contributed by atoms with Gasteiger partial charge in [0.05, 0.1) is 19.5 Å². The zero-order valence-corrected chi connectivity index (χ0v) is 22.9. The topological polar surface area (TPSA) is 58.0 Å². The number of anilines is 1. The maximum atomic E-state index is 13.6. The van der Waals surface area contributed by atoms with Gasteiger partial charge < -0.3 is 19.4 Å². The predicted molar refractivity (Wildman–Crippen MR) is 159 cm³/mol. The number of nitrogens with one attached hydrogen (secondary N) is 1. The van der Waals surface area contributed by atoms with E-state index < -0.39 is 0 Å². The average Bonchev–Trinajstić information content (AvgIpc) is 3.52. The van der Waals surface area contributed by atoms with Crippen LogP contribution in [0, 0.1) is 0 Å². The molecule has 1 fully saturated rings. The lowest BCUT2D eigenvalue weighted by molar-refractivity contribution is 0.0351. The first-order chi connectivity index (χ1) is 18.8. The van der Waals surface area contributed by atoms with Crippen LogP contribution in [0.4, 0.5) is 10.5 Å². The summed E-state index contributed by atoms with van der Waals surface area (Å²) >= 11 is 0. The van der Waals surface area contributed by atoms with Crippen molar-refractivity contribution in [3.05, 3.63) is 114 Å². The highest BCUT2D eigenvalue weighted by Gasteiger charge is 2.21. The molecule has 0 unspecified atom stereocenters. The van der Waals surface area contributed by atoms with Gasteiger partial charge in [0.2, 0.25) is 0 Å². The maximum Gasteiger partial charge on any atom is 0.321 e. The molecule has 1 N–H and O–H groups in total. The number of amides is 2. The molecule has 5 rings (SSSR count). The summed E-state index contributed by atoms with van der Waals surface area (Å²) in [5, 5.41) is 3.14. The third kappa shape index (κ3) is 7.96. The molecule has 0 aliphatic carbocycles. The molecule has 1 saturated heterocycles. The minimum absolute atomic E-state index is 0. The van der Waals surface area contributed by atoms with E-state index >= 15 is 0 Å². The minimum atomic E-state index is -0.0882. The molecule has 204 valence electrons. The molecule has 1 aliphatic rings. The van der Waals surface area contributed by atoms with Gasteiger partial charge in [0.1, 0.15) is 5.76 Å². The van der Waals surface area contributed by atoms with Gasteiger partial charge in [-0.05, 0) is 41.8 Å². The van der Waals surface area contributed by atoms with E-state index in [1.54, 1.807) is 6.26 Å². The van der Waals surface area contributed by atoms with Crippen molar-refractivity contribution in [2.45, 2.75) is 12.3 Å². The quantitative estimate of drug-likeness (QED) is 0.239. The highest BCUT2D eigenvalue weighted by molar-refractivity contribution is 5.90. The molecule has 2 amide bonds. The molecule has 2 heterocycles. The van der Waals surface area contributed by atoms with E-state index in [0.29, 0.717) is 13.1 Å². The fraction of sp³-hybridized carbons (Fsp3) is 0.281. The Balaban J connectivity index is 0.00000353. The Kier molecular flexibility index (Phi) is 10.6. The Morgan fingerprint density at radius 2 is 1.54 bits per heavy atom. The van der Waals surface area contributed by atoms with Crippen molar-refractivity contribution in [1.82, 2.24) is 9.80 Å². The molecule has 0 spiro atoms. The highest BCUT2D eigenvalue weighted by atomic mass is 35.5. The Morgan fingerprint density at radius 3 is 2.18 bits per heavy atom. The number of carbonyl (C=O) groups is 1. The van der Waals surface area contributed by atoms with E-state index in [0.717, 1.165) is 56.3 Å². The lowest BCUT2D eigenvalue weighted by atomic mass is 9.88. The van der Waals surface area contributed by atoms with Gasteiger partial charge in [0, 0.05) is 49.9 Å². The van der Waals surface area contributed by atoms with E-state index in [2.05, 4.69) is 58.7 Å². The first-order valence-electron chi connectivity index (χ1n) is 13.4. The molecular formula is C32H36ClN3O3. The van der Waals surface area contributed by atoms with Crippen molar-refractivity contribution in [2.75, 3.05) is 51.3 Å². The molecule has 7 heteroatoms. The second-order valence-electron chi connectivity index (χ2n) is 9.59. The summed E-state index contributed by atoms with van der Waals surface area (Å²) in [6.07, 6.45) is 2.49. The monoisotopic (exact) mass is 545 g/mol. The smallest absolute Gasteiger partial charge is 0.321 e. The summed E-state index contributed by atoms with van der Waals surface area (Å²) in [5.41, 5.74) is 4.21. The number of ether oxygens (including phenoxy) is 1. The van der Waals surface area contributed by atoms with Gasteiger partial charge in [0.25, 0.3) is 0 Å². The van der Waals surface area contributed by atoms with Gasteiger partial charge in [-0.2, -0.15) is 0 Å². The van der Waals surface area contributed by atoms with E-state index in [-0.39, 0.29) is 24.4 Å². The molecule has 0 radical (unpaired) electrons. The fourth-order valence-electron chi connectivity index (χ4n) is 4.98. The molecule has 1 aliphatic heterocycles. The highest BCUT2D eigenvalue weighted by Crippen LogP contribution is 2.28. The van der Waals surface area contributed by atoms with Crippen LogP contribution in [0.1, 0.15) is 23.5 Å². The molecule has 39 heavy (non-hydrogen) atoms. The second kappa shape index (κ2) is 14.5. The average molecular weight is 546 g/mol. The van der Waals surface area contributed by atoms with Crippen molar-refractivity contribution >= 4 is 24.1 Å². The zero-order valence-electron chi connectivity index (χ0n) is 22.1. The molecule has 6 nitrogen and oxygen atoms in total. The number of nitrogens with zero attached hydrogens (tertiary/aromatic N) is 2. The van der Waals surface area contributed by atoms with E-state index in [1.807, 2.05) is 53.4 Å². The van der Waals surface area contributed by atoms with Crippen LogP contribution >= 0.6 is 12.4 Å². The van der Waals surface area contributed by atoms with Gasteiger partial charge in [-0.25, -0.2) is 4.79 Å². The molecule has 4 aromatic rings. The Morgan fingerprint density at radius 1 is 0.846 bits per heavy atom. The summed E-state index contributed by atoms with van der Waals surface area (Å²) in [6.45, 7) is 5.41. The van der Waals surface area contributed by atoms with Crippen LogP contribution in [0.25, 0.3) is 11.3 Å². The standard InChI is InChI=1S/C32H35N3O3.ClH/c36-32(33-29-14-7-13-28(25-29)31-15-8-22-38-31)35(19-18-34-20-23-37-24-21-34)17-16-30(26-9-3-1-4-10-26)27-11-5-2-6-12-27;/h1-15,22,25,30H,16-21,23-24H2,(H,33,36);1H. The van der Waals surface area contributed by atoms with Crippen molar-refractivity contribution in [3.8, 4) is 11.3 Å². The number of carbonyl (C=O) groups excluding carboxylic acids is 1. The van der Waals surface area contributed by atoms with Crippen LogP contribution in [-0.4, -0.2) is 61.8 Å². The third-order valence-corrected chi connectivity index (χ3v) is 7.09. The largest absolute Gasteiger partial charge is 0.464 e. The first-order valence-corrected chi connectivity index (χ1v) is 13.4. The van der Waals surface area contributed by atoms with Gasteiger partial charge >= 0.3 is 6.03 Å². The summed E-state index contributed by atoms with van der Waals surface area (Å²) in [5.74, 6) is 0.984. The number of halogens is 1. The van der Waals surface area contributed by atoms with Crippen molar-refractivity contribution in [1.29, 1.82) is 0 Å². The number of furan rings is 1. The van der Waals surface area contributed by atoms with Crippen LogP contribution in [-0.2, 0) is 4.74 Å². The molecular weight excluding hydrogens is 510 g/mol. The van der Waals surface area contributed by atoms with Gasteiger partial charge in [-0.1, -0.05) is 72.8 Å². The minimum Gasteiger partial charge on any atom is -0.464 e. The summed E-state index contributed by atoms with van der Waals surface area (Å²) < 4.78 is 11.1. The number of morpholine rings is 1. The zero-order chi connectivity index (χ0) is 26.0. The second-order valence-corrected chi connectivity index (χ2v) is 9.59. The van der Waals surface area contributed by atoms with Crippen LogP contribution in [0.15, 0.2) is 108 Å². The molecule has 0 saturated carbocycles. The van der Waals surface area contributed by atoms with E-state index in [4.69, 9.17) is 9.15 Å². The number of hydrogen-bond acceptors (Lipinski definition) is 4. The maximum absolute atomic E-state index is 13.6. The summed E-state index contributed by atoms with van der Waals surface area (Å²) in [6, 6.07) is 32.6. The number of hydrogen-bond donors (Lipinski definition) is 1. The number of benzene rings is 3. The predicted octanol–water partition coefficient (Wildman–Crippen LogP) is 6.76. The SMILES string of the molecule is Cl.O=C(Nc1cccc(-c2ccco2)c1)N(CCC(c1ccccc1)c1ccccc1)CCN1CCOCC1. The Hall–Kier alpha value is -3.58. The number of urea groups is 1. The molecule has 3 aromatic carbocycles. The van der Waals surface area contributed by atoms with Crippen molar-refractivity contribution in [2.24, 2.45) is 0 Å². The van der Waals surface area contributed by atoms with Gasteiger partial charge in [-0.15, -0.1) is 12.4 Å². The van der Waals surface area contributed by atoms with Crippen molar-refractivity contribution < 1.29 is 13.9 Å².